The average Bonchev–Trinajstić information content (AvgIpc) is 2.87. The normalized spacial score (nSPS) is 12.2. The van der Waals surface area contributed by atoms with Crippen LogP contribution in [-0.4, -0.2) is 33.8 Å². The summed E-state index contributed by atoms with van der Waals surface area (Å²) in [5, 5.41) is 10.5. The molecule has 0 aliphatic carbocycles. The van der Waals surface area contributed by atoms with Gasteiger partial charge >= 0.3 is 12.0 Å². The van der Waals surface area contributed by atoms with E-state index in [0.717, 1.165) is 5.56 Å². The molecule has 0 aliphatic heterocycles. The first-order valence-corrected chi connectivity index (χ1v) is 11.5. The second-order valence-electron chi connectivity index (χ2n) is 8.32. The van der Waals surface area contributed by atoms with Gasteiger partial charge in [0.15, 0.2) is 5.60 Å². The molecule has 0 saturated carbocycles. The Morgan fingerprint density at radius 3 is 1.80 bits per heavy atom. The molecule has 6 nitrogen and oxygen atoms in total. The average molecular weight is 469 g/mol. The lowest BCUT2D eigenvalue weighted by molar-refractivity contribution is -0.164. The molecule has 0 spiro atoms. The van der Waals surface area contributed by atoms with Crippen molar-refractivity contribution >= 4 is 5.97 Å². The molecule has 3 aromatic carbocycles. The van der Waals surface area contributed by atoms with E-state index in [1.165, 1.54) is 0 Å². The summed E-state index contributed by atoms with van der Waals surface area (Å²) < 4.78 is 12.7. The number of benzene rings is 3. The highest BCUT2D eigenvalue weighted by Crippen LogP contribution is 2.39. The highest BCUT2D eigenvalue weighted by Gasteiger charge is 2.50. The van der Waals surface area contributed by atoms with Crippen LogP contribution in [0.1, 0.15) is 28.1 Å². The van der Waals surface area contributed by atoms with Gasteiger partial charge in [-0.05, 0) is 43.0 Å². The SMILES string of the molecule is Cc1cc(C)nc(O[C@H](C(=O)O)C(OCCc2ccccc2)(c2ccccc2)c2ccccc2)n1. The number of ether oxygens (including phenoxy) is 2. The van der Waals surface area contributed by atoms with Crippen molar-refractivity contribution in [3.63, 3.8) is 0 Å². The van der Waals surface area contributed by atoms with Crippen LogP contribution < -0.4 is 4.74 Å². The third kappa shape index (κ3) is 5.55. The zero-order valence-corrected chi connectivity index (χ0v) is 19.8. The number of aryl methyl sites for hydroxylation is 2. The Labute approximate surface area is 205 Å². The summed E-state index contributed by atoms with van der Waals surface area (Å²) in [5.74, 6) is -1.18. The minimum atomic E-state index is -1.45. The molecule has 1 N–H and O–H groups in total. The Morgan fingerprint density at radius 2 is 1.31 bits per heavy atom. The van der Waals surface area contributed by atoms with E-state index in [1.807, 2.05) is 105 Å². The van der Waals surface area contributed by atoms with Crippen LogP contribution in [0.3, 0.4) is 0 Å². The van der Waals surface area contributed by atoms with Crippen molar-refractivity contribution in [2.45, 2.75) is 32.0 Å². The van der Waals surface area contributed by atoms with E-state index in [2.05, 4.69) is 9.97 Å². The molecule has 4 rings (SSSR count). The molecule has 1 atom stereocenters. The largest absolute Gasteiger partial charge is 0.478 e. The number of aliphatic carboxylic acids is 1. The lowest BCUT2D eigenvalue weighted by atomic mass is 9.81. The molecular formula is C29H28N2O4. The van der Waals surface area contributed by atoms with Crippen LogP contribution in [0.2, 0.25) is 0 Å². The molecule has 35 heavy (non-hydrogen) atoms. The molecule has 1 aromatic heterocycles. The molecule has 0 amide bonds. The standard InChI is InChI=1S/C29H28N2O4/c1-21-20-22(2)31-28(30-21)35-26(27(32)33)29(24-14-8-4-9-15-24,25-16-10-5-11-17-25)34-19-18-23-12-6-3-7-13-23/h3-17,20,26H,18-19H2,1-2H3,(H,32,33)/t26-/m1/s1. The lowest BCUT2D eigenvalue weighted by Gasteiger charge is -2.39. The fraction of sp³-hybridized carbons (Fsp3) is 0.207. The Balaban J connectivity index is 1.83. The highest BCUT2D eigenvalue weighted by atomic mass is 16.6. The molecule has 6 heteroatoms. The van der Waals surface area contributed by atoms with E-state index in [0.29, 0.717) is 28.9 Å². The second kappa shape index (κ2) is 10.9. The van der Waals surface area contributed by atoms with Gasteiger partial charge in [0.1, 0.15) is 0 Å². The van der Waals surface area contributed by atoms with Crippen molar-refractivity contribution < 1.29 is 19.4 Å². The smallest absolute Gasteiger partial charge is 0.348 e. The van der Waals surface area contributed by atoms with E-state index in [4.69, 9.17) is 9.47 Å². The van der Waals surface area contributed by atoms with Gasteiger partial charge in [0, 0.05) is 11.4 Å². The van der Waals surface area contributed by atoms with Crippen LogP contribution in [0.15, 0.2) is 97.1 Å². The topological polar surface area (TPSA) is 81.5 Å². The van der Waals surface area contributed by atoms with Gasteiger partial charge in [-0.25, -0.2) is 14.8 Å². The monoisotopic (exact) mass is 468 g/mol. The minimum absolute atomic E-state index is 0.00204. The molecule has 1 heterocycles. The summed E-state index contributed by atoms with van der Waals surface area (Å²) in [6, 6.07) is 30.4. The second-order valence-corrected chi connectivity index (χ2v) is 8.32. The number of nitrogens with zero attached hydrogens (tertiary/aromatic N) is 2. The maximum Gasteiger partial charge on any atom is 0.348 e. The molecule has 0 aliphatic rings. The van der Waals surface area contributed by atoms with Crippen LogP contribution in [0.4, 0.5) is 0 Å². The first kappa shape index (κ1) is 24.1. The zero-order valence-electron chi connectivity index (χ0n) is 19.8. The molecular weight excluding hydrogens is 440 g/mol. The number of carbonyl (C=O) groups is 1. The van der Waals surface area contributed by atoms with Crippen LogP contribution in [0.5, 0.6) is 6.01 Å². The highest BCUT2D eigenvalue weighted by molar-refractivity contribution is 5.76. The van der Waals surface area contributed by atoms with Gasteiger partial charge in [-0.1, -0.05) is 91.0 Å². The molecule has 0 fully saturated rings. The first-order chi connectivity index (χ1) is 17.0. The minimum Gasteiger partial charge on any atom is -0.478 e. The Hall–Kier alpha value is -4.03. The van der Waals surface area contributed by atoms with Crippen molar-refractivity contribution in [1.82, 2.24) is 9.97 Å². The summed E-state index contributed by atoms with van der Waals surface area (Å²) in [4.78, 5) is 21.5. The van der Waals surface area contributed by atoms with Gasteiger partial charge in [-0.15, -0.1) is 0 Å². The predicted octanol–water partition coefficient (Wildman–Crippen LogP) is 5.13. The summed E-state index contributed by atoms with van der Waals surface area (Å²) >= 11 is 0. The van der Waals surface area contributed by atoms with E-state index < -0.39 is 17.7 Å². The number of carboxylic acid groups (broad SMARTS) is 1. The number of aromatic nitrogens is 2. The van der Waals surface area contributed by atoms with Gasteiger partial charge in [0.05, 0.1) is 6.61 Å². The molecule has 0 radical (unpaired) electrons. The number of hydrogen-bond acceptors (Lipinski definition) is 5. The summed E-state index contributed by atoms with van der Waals surface area (Å²) in [5.41, 5.74) is 2.34. The van der Waals surface area contributed by atoms with Gasteiger partial charge in [-0.3, -0.25) is 0 Å². The first-order valence-electron chi connectivity index (χ1n) is 11.5. The third-order valence-electron chi connectivity index (χ3n) is 5.75. The molecule has 0 unspecified atom stereocenters. The molecule has 0 saturated heterocycles. The summed E-state index contributed by atoms with van der Waals surface area (Å²) in [7, 11) is 0. The van der Waals surface area contributed by atoms with Crippen molar-refractivity contribution in [3.8, 4) is 6.01 Å². The van der Waals surface area contributed by atoms with Crippen LogP contribution >= 0.6 is 0 Å². The number of hydrogen-bond donors (Lipinski definition) is 1. The fourth-order valence-corrected chi connectivity index (χ4v) is 4.22. The van der Waals surface area contributed by atoms with Crippen molar-refractivity contribution in [2.75, 3.05) is 6.61 Å². The predicted molar refractivity (Wildman–Crippen MR) is 133 cm³/mol. The maximum absolute atomic E-state index is 12.8. The van der Waals surface area contributed by atoms with E-state index in [9.17, 15) is 9.90 Å². The van der Waals surface area contributed by atoms with Crippen molar-refractivity contribution in [2.24, 2.45) is 0 Å². The van der Waals surface area contributed by atoms with E-state index >= 15 is 0 Å². The molecule has 178 valence electrons. The van der Waals surface area contributed by atoms with Gasteiger partial charge in [0.2, 0.25) is 6.10 Å². The van der Waals surface area contributed by atoms with Gasteiger partial charge in [0.25, 0.3) is 0 Å². The maximum atomic E-state index is 12.8. The van der Waals surface area contributed by atoms with Crippen LogP contribution in [0, 0.1) is 13.8 Å². The van der Waals surface area contributed by atoms with Crippen molar-refractivity contribution in [3.05, 3.63) is 125 Å². The Morgan fingerprint density at radius 1 is 0.829 bits per heavy atom. The van der Waals surface area contributed by atoms with Crippen LogP contribution in [-0.2, 0) is 21.6 Å². The van der Waals surface area contributed by atoms with Gasteiger partial charge in [-0.2, -0.15) is 0 Å². The zero-order chi connectivity index (χ0) is 24.7. The summed E-state index contributed by atoms with van der Waals surface area (Å²) in [6.07, 6.45) is -0.849. The summed E-state index contributed by atoms with van der Waals surface area (Å²) in [6.45, 7) is 3.90. The third-order valence-corrected chi connectivity index (χ3v) is 5.75. The van der Waals surface area contributed by atoms with E-state index in [-0.39, 0.29) is 12.6 Å². The van der Waals surface area contributed by atoms with Gasteiger partial charge < -0.3 is 14.6 Å². The quantitative estimate of drug-likeness (QED) is 0.348. The van der Waals surface area contributed by atoms with E-state index in [1.54, 1.807) is 6.07 Å². The van der Waals surface area contributed by atoms with Crippen LogP contribution in [0.25, 0.3) is 0 Å². The Kier molecular flexibility index (Phi) is 7.53. The number of carboxylic acids is 1. The molecule has 0 bridgehead atoms. The fourth-order valence-electron chi connectivity index (χ4n) is 4.22. The number of rotatable bonds is 10. The lowest BCUT2D eigenvalue weighted by Crippen LogP contribution is -2.51. The van der Waals surface area contributed by atoms with Crippen molar-refractivity contribution in [1.29, 1.82) is 0 Å². The Bertz CT molecular complexity index is 1190. The molecule has 4 aromatic rings.